The zero-order valence-corrected chi connectivity index (χ0v) is 12.5. The Morgan fingerprint density at radius 2 is 2.21 bits per heavy atom. The lowest BCUT2D eigenvalue weighted by Crippen LogP contribution is -2.40. The molecule has 2 N–H and O–H groups in total. The van der Waals surface area contributed by atoms with Crippen molar-refractivity contribution < 1.29 is 9.90 Å². The third-order valence-corrected chi connectivity index (χ3v) is 3.37. The van der Waals surface area contributed by atoms with Crippen molar-refractivity contribution in [3.8, 4) is 0 Å². The van der Waals surface area contributed by atoms with Gasteiger partial charge in [0.25, 0.3) is 5.91 Å². The van der Waals surface area contributed by atoms with Gasteiger partial charge in [-0.3, -0.25) is 9.48 Å². The fourth-order valence-electron chi connectivity index (χ4n) is 1.78. The van der Waals surface area contributed by atoms with E-state index in [2.05, 4.69) is 24.3 Å². The Kier molecular flexibility index (Phi) is 5.11. The molecule has 0 bridgehead atoms. The third-order valence-electron chi connectivity index (χ3n) is 3.37. The zero-order valence-electron chi connectivity index (χ0n) is 12.5. The minimum absolute atomic E-state index is 0.185. The maximum Gasteiger partial charge on any atom is 0.254 e. The van der Waals surface area contributed by atoms with Crippen molar-refractivity contribution in [2.24, 2.45) is 13.0 Å². The molecule has 5 heteroatoms. The highest BCUT2D eigenvalue weighted by molar-refractivity contribution is 5.95. The summed E-state index contributed by atoms with van der Waals surface area (Å²) >= 11 is 0. The third kappa shape index (κ3) is 4.67. The molecule has 0 radical (unpaired) electrons. The Labute approximate surface area is 115 Å². The summed E-state index contributed by atoms with van der Waals surface area (Å²) in [6.45, 7) is 8.10. The van der Waals surface area contributed by atoms with Gasteiger partial charge in [-0.25, -0.2) is 0 Å². The van der Waals surface area contributed by atoms with Gasteiger partial charge in [0.2, 0.25) is 0 Å². The number of rotatable bonds is 6. The summed E-state index contributed by atoms with van der Waals surface area (Å²) in [4.78, 5) is 12.0. The predicted octanol–water partition coefficient (Wildman–Crippen LogP) is 1.65. The van der Waals surface area contributed by atoms with E-state index < -0.39 is 5.60 Å². The molecule has 108 valence electrons. The van der Waals surface area contributed by atoms with Gasteiger partial charge in [0.1, 0.15) is 0 Å². The Bertz CT molecular complexity index is 436. The van der Waals surface area contributed by atoms with Gasteiger partial charge >= 0.3 is 0 Å². The molecular weight excluding hydrogens is 242 g/mol. The molecule has 1 aromatic rings. The minimum atomic E-state index is -0.865. The van der Waals surface area contributed by atoms with Crippen LogP contribution in [0.25, 0.3) is 0 Å². The van der Waals surface area contributed by atoms with E-state index in [0.29, 0.717) is 17.9 Å². The molecule has 1 aromatic heterocycles. The van der Waals surface area contributed by atoms with Gasteiger partial charge in [0, 0.05) is 19.3 Å². The van der Waals surface area contributed by atoms with Crippen LogP contribution in [-0.2, 0) is 7.05 Å². The van der Waals surface area contributed by atoms with Gasteiger partial charge in [-0.2, -0.15) is 5.10 Å². The standard InChI is InChI=1S/C14H25N3O2/c1-10(2)6-7-14(4,19)9-15-13(18)12-8-16-17(5)11(12)3/h8,10,19H,6-7,9H2,1-5H3,(H,15,18). The van der Waals surface area contributed by atoms with Gasteiger partial charge in [-0.15, -0.1) is 0 Å². The molecule has 5 nitrogen and oxygen atoms in total. The van der Waals surface area contributed by atoms with Crippen molar-refractivity contribution in [1.82, 2.24) is 15.1 Å². The molecule has 0 saturated carbocycles. The van der Waals surface area contributed by atoms with Crippen LogP contribution in [0.3, 0.4) is 0 Å². The number of nitrogens with one attached hydrogen (secondary N) is 1. The number of nitrogens with zero attached hydrogens (tertiary/aromatic N) is 2. The first-order valence-corrected chi connectivity index (χ1v) is 6.72. The molecule has 1 amide bonds. The van der Waals surface area contributed by atoms with Crippen LogP contribution in [-0.4, -0.2) is 32.9 Å². The van der Waals surface area contributed by atoms with Crippen LogP contribution in [0.2, 0.25) is 0 Å². The highest BCUT2D eigenvalue weighted by Gasteiger charge is 2.22. The van der Waals surface area contributed by atoms with E-state index in [1.54, 1.807) is 24.9 Å². The lowest BCUT2D eigenvalue weighted by atomic mass is 9.95. The number of hydrogen-bond acceptors (Lipinski definition) is 3. The summed E-state index contributed by atoms with van der Waals surface area (Å²) in [6.07, 6.45) is 3.17. The minimum Gasteiger partial charge on any atom is -0.388 e. The molecule has 0 aliphatic heterocycles. The molecular formula is C14H25N3O2. The van der Waals surface area contributed by atoms with Gasteiger partial charge in [0.15, 0.2) is 0 Å². The number of aromatic nitrogens is 2. The van der Waals surface area contributed by atoms with E-state index in [1.165, 1.54) is 0 Å². The number of aryl methyl sites for hydroxylation is 1. The molecule has 1 heterocycles. The monoisotopic (exact) mass is 267 g/mol. The van der Waals surface area contributed by atoms with Crippen molar-refractivity contribution in [3.05, 3.63) is 17.5 Å². The summed E-state index contributed by atoms with van der Waals surface area (Å²) in [7, 11) is 1.80. The maximum absolute atomic E-state index is 12.0. The molecule has 1 atom stereocenters. The van der Waals surface area contributed by atoms with Crippen molar-refractivity contribution in [3.63, 3.8) is 0 Å². The number of hydrogen-bond donors (Lipinski definition) is 2. The van der Waals surface area contributed by atoms with E-state index in [9.17, 15) is 9.90 Å². The normalized spacial score (nSPS) is 14.5. The second-order valence-corrected chi connectivity index (χ2v) is 5.88. The number of carbonyl (C=O) groups is 1. The molecule has 0 fully saturated rings. The molecule has 0 aliphatic rings. The van der Waals surface area contributed by atoms with Crippen molar-refractivity contribution in [2.75, 3.05) is 6.54 Å². The second-order valence-electron chi connectivity index (χ2n) is 5.88. The quantitative estimate of drug-likeness (QED) is 0.823. The summed E-state index contributed by atoms with van der Waals surface area (Å²) in [5.74, 6) is 0.359. The van der Waals surface area contributed by atoms with E-state index in [0.717, 1.165) is 12.1 Å². The molecule has 0 spiro atoms. The lowest BCUT2D eigenvalue weighted by Gasteiger charge is -2.24. The van der Waals surface area contributed by atoms with Crippen LogP contribution in [0.4, 0.5) is 0 Å². The van der Waals surface area contributed by atoms with Crippen molar-refractivity contribution >= 4 is 5.91 Å². The summed E-state index contributed by atoms with van der Waals surface area (Å²) in [5.41, 5.74) is 0.511. The van der Waals surface area contributed by atoms with Crippen LogP contribution < -0.4 is 5.32 Å². The van der Waals surface area contributed by atoms with Crippen molar-refractivity contribution in [2.45, 2.75) is 46.1 Å². The number of aliphatic hydroxyl groups is 1. The highest BCUT2D eigenvalue weighted by Crippen LogP contribution is 2.15. The Balaban J connectivity index is 2.52. The summed E-state index contributed by atoms with van der Waals surface area (Å²) in [6, 6.07) is 0. The van der Waals surface area contributed by atoms with Crippen molar-refractivity contribution in [1.29, 1.82) is 0 Å². The second kappa shape index (κ2) is 6.19. The zero-order chi connectivity index (χ0) is 14.6. The topological polar surface area (TPSA) is 67.2 Å². The van der Waals surface area contributed by atoms with Gasteiger partial charge in [0.05, 0.1) is 17.4 Å². The largest absolute Gasteiger partial charge is 0.388 e. The van der Waals surface area contributed by atoms with Gasteiger partial charge in [-0.05, 0) is 32.6 Å². The summed E-state index contributed by atoms with van der Waals surface area (Å²) in [5, 5.41) is 17.0. The fraction of sp³-hybridized carbons (Fsp3) is 0.714. The molecule has 1 unspecified atom stereocenters. The first kappa shape index (κ1) is 15.7. The predicted molar refractivity (Wildman–Crippen MR) is 75.0 cm³/mol. The van der Waals surface area contributed by atoms with Crippen LogP contribution in [0.5, 0.6) is 0 Å². The van der Waals surface area contributed by atoms with Crippen LogP contribution in [0.1, 0.15) is 49.7 Å². The SMILES string of the molecule is Cc1c(C(=O)NCC(C)(O)CCC(C)C)cnn1C. The van der Waals surface area contributed by atoms with Crippen LogP contribution in [0.15, 0.2) is 6.20 Å². The Hall–Kier alpha value is -1.36. The van der Waals surface area contributed by atoms with E-state index in [-0.39, 0.29) is 12.5 Å². The molecule has 0 aromatic carbocycles. The van der Waals surface area contributed by atoms with Gasteiger partial charge < -0.3 is 10.4 Å². The number of amides is 1. The first-order valence-electron chi connectivity index (χ1n) is 6.72. The van der Waals surface area contributed by atoms with E-state index >= 15 is 0 Å². The number of carbonyl (C=O) groups excluding carboxylic acids is 1. The highest BCUT2D eigenvalue weighted by atomic mass is 16.3. The maximum atomic E-state index is 12.0. The average Bonchev–Trinajstić information content (AvgIpc) is 2.65. The van der Waals surface area contributed by atoms with Crippen LogP contribution in [0, 0.1) is 12.8 Å². The molecule has 1 rings (SSSR count). The molecule has 19 heavy (non-hydrogen) atoms. The smallest absolute Gasteiger partial charge is 0.254 e. The summed E-state index contributed by atoms with van der Waals surface area (Å²) < 4.78 is 1.66. The fourth-order valence-corrected chi connectivity index (χ4v) is 1.78. The molecule has 0 aliphatic carbocycles. The average molecular weight is 267 g/mol. The lowest BCUT2D eigenvalue weighted by molar-refractivity contribution is 0.0429. The molecule has 0 saturated heterocycles. The van der Waals surface area contributed by atoms with Crippen LogP contribution >= 0.6 is 0 Å². The Morgan fingerprint density at radius 1 is 1.58 bits per heavy atom. The van der Waals surface area contributed by atoms with E-state index in [4.69, 9.17) is 0 Å². The first-order chi connectivity index (χ1) is 8.73. The Morgan fingerprint density at radius 3 is 2.68 bits per heavy atom. The van der Waals surface area contributed by atoms with E-state index in [1.807, 2.05) is 6.92 Å². The van der Waals surface area contributed by atoms with Gasteiger partial charge in [-0.1, -0.05) is 13.8 Å².